The molecule has 148 valence electrons. The highest BCUT2D eigenvalue weighted by Crippen LogP contribution is 2.37. The molecule has 27 heavy (non-hydrogen) atoms. The summed E-state index contributed by atoms with van der Waals surface area (Å²) in [6.45, 7) is 3.58. The van der Waals surface area contributed by atoms with Crippen molar-refractivity contribution in [1.29, 1.82) is 0 Å². The van der Waals surface area contributed by atoms with Crippen LogP contribution in [-0.4, -0.2) is 38.5 Å². The Labute approximate surface area is 168 Å². The topological polar surface area (TPSA) is 62.8 Å². The van der Waals surface area contributed by atoms with Gasteiger partial charge < -0.3 is 25.2 Å². The van der Waals surface area contributed by atoms with Gasteiger partial charge in [-0.1, -0.05) is 12.1 Å². The van der Waals surface area contributed by atoms with E-state index in [0.29, 0.717) is 31.2 Å². The van der Waals surface area contributed by atoms with Crippen LogP contribution in [0.2, 0.25) is 0 Å². The van der Waals surface area contributed by atoms with Gasteiger partial charge in [0.05, 0.1) is 18.2 Å². The van der Waals surface area contributed by atoms with E-state index in [1.165, 1.54) is 12.1 Å². The SMILES string of the molecule is COc1cc(CNCCCNCCO)cc(Br)c1OCc1ccc(F)cc1. The fourth-order valence-electron chi connectivity index (χ4n) is 2.53. The molecule has 2 aromatic carbocycles. The predicted octanol–water partition coefficient (Wildman–Crippen LogP) is 3.24. The van der Waals surface area contributed by atoms with Gasteiger partial charge in [-0.05, 0) is 70.8 Å². The van der Waals surface area contributed by atoms with E-state index >= 15 is 0 Å². The summed E-state index contributed by atoms with van der Waals surface area (Å²) in [6.07, 6.45) is 0.983. The van der Waals surface area contributed by atoms with E-state index < -0.39 is 0 Å². The lowest BCUT2D eigenvalue weighted by atomic mass is 10.2. The summed E-state index contributed by atoms with van der Waals surface area (Å²) < 4.78 is 25.2. The minimum Gasteiger partial charge on any atom is -0.493 e. The van der Waals surface area contributed by atoms with Gasteiger partial charge in [0.2, 0.25) is 0 Å². The Kier molecular flexibility index (Phi) is 9.55. The second kappa shape index (κ2) is 11.9. The van der Waals surface area contributed by atoms with Crippen LogP contribution in [0, 0.1) is 5.82 Å². The summed E-state index contributed by atoms with van der Waals surface area (Å²) in [4.78, 5) is 0. The average molecular weight is 441 g/mol. The highest BCUT2D eigenvalue weighted by Gasteiger charge is 2.12. The van der Waals surface area contributed by atoms with Crippen molar-refractivity contribution in [3.8, 4) is 11.5 Å². The Balaban J connectivity index is 1.88. The fraction of sp³-hybridized carbons (Fsp3) is 0.400. The van der Waals surface area contributed by atoms with Crippen molar-refractivity contribution >= 4 is 15.9 Å². The van der Waals surface area contributed by atoms with Gasteiger partial charge in [0.25, 0.3) is 0 Å². The summed E-state index contributed by atoms with van der Waals surface area (Å²) in [5.41, 5.74) is 1.96. The van der Waals surface area contributed by atoms with Crippen LogP contribution in [0.3, 0.4) is 0 Å². The number of ether oxygens (including phenoxy) is 2. The van der Waals surface area contributed by atoms with Crippen molar-refractivity contribution < 1.29 is 19.0 Å². The third-order valence-corrected chi connectivity index (χ3v) is 4.50. The molecule has 2 rings (SSSR count). The standard InChI is InChI=1S/C20H26BrFN2O3/c1-26-19-12-16(13-24-8-2-7-23-9-10-25)11-18(21)20(19)27-14-15-3-5-17(22)6-4-15/h3-6,11-12,23-25H,2,7-10,13-14H2,1H3. The lowest BCUT2D eigenvalue weighted by Crippen LogP contribution is -2.23. The maximum absolute atomic E-state index is 13.0. The van der Waals surface area contributed by atoms with E-state index in [-0.39, 0.29) is 12.4 Å². The van der Waals surface area contributed by atoms with Crippen LogP contribution in [0.4, 0.5) is 4.39 Å². The molecule has 0 aliphatic rings. The van der Waals surface area contributed by atoms with Gasteiger partial charge in [-0.25, -0.2) is 4.39 Å². The zero-order valence-electron chi connectivity index (χ0n) is 15.4. The molecule has 0 unspecified atom stereocenters. The number of methoxy groups -OCH3 is 1. The first-order valence-corrected chi connectivity index (χ1v) is 9.69. The number of benzene rings is 2. The Hall–Kier alpha value is -1.67. The van der Waals surface area contributed by atoms with Gasteiger partial charge in [-0.3, -0.25) is 0 Å². The quantitative estimate of drug-likeness (QED) is 0.442. The van der Waals surface area contributed by atoms with Crippen LogP contribution < -0.4 is 20.1 Å². The second-order valence-corrected chi connectivity index (χ2v) is 6.88. The van der Waals surface area contributed by atoms with Gasteiger partial charge in [0, 0.05) is 13.1 Å². The van der Waals surface area contributed by atoms with Crippen LogP contribution in [0.1, 0.15) is 17.5 Å². The van der Waals surface area contributed by atoms with E-state index in [1.54, 1.807) is 19.2 Å². The number of rotatable bonds is 12. The van der Waals surface area contributed by atoms with Crippen molar-refractivity contribution in [2.24, 2.45) is 0 Å². The Morgan fingerprint density at radius 2 is 1.78 bits per heavy atom. The van der Waals surface area contributed by atoms with E-state index in [9.17, 15) is 4.39 Å². The molecule has 5 nitrogen and oxygen atoms in total. The lowest BCUT2D eigenvalue weighted by Gasteiger charge is -2.15. The third-order valence-electron chi connectivity index (χ3n) is 3.91. The molecule has 0 saturated carbocycles. The first kappa shape index (κ1) is 21.6. The molecular formula is C20H26BrFN2O3. The first-order valence-electron chi connectivity index (χ1n) is 8.90. The van der Waals surface area contributed by atoms with Crippen molar-refractivity contribution in [2.75, 3.05) is 33.4 Å². The third kappa shape index (κ3) is 7.46. The molecule has 0 aliphatic heterocycles. The van der Waals surface area contributed by atoms with Gasteiger partial charge >= 0.3 is 0 Å². The number of aliphatic hydroxyl groups excluding tert-OH is 1. The average Bonchev–Trinajstić information content (AvgIpc) is 2.67. The predicted molar refractivity (Wildman–Crippen MR) is 108 cm³/mol. The fourth-order valence-corrected chi connectivity index (χ4v) is 3.13. The molecule has 7 heteroatoms. The van der Waals surface area contributed by atoms with Gasteiger partial charge in [-0.15, -0.1) is 0 Å². The van der Waals surface area contributed by atoms with Crippen LogP contribution in [0.15, 0.2) is 40.9 Å². The first-order chi connectivity index (χ1) is 13.1. The summed E-state index contributed by atoms with van der Waals surface area (Å²) in [6, 6.07) is 10.2. The van der Waals surface area contributed by atoms with Gasteiger partial charge in [-0.2, -0.15) is 0 Å². The largest absolute Gasteiger partial charge is 0.493 e. The molecule has 0 aromatic heterocycles. The zero-order chi connectivity index (χ0) is 19.5. The Morgan fingerprint density at radius 3 is 2.48 bits per heavy atom. The molecule has 0 aliphatic carbocycles. The maximum atomic E-state index is 13.0. The number of hydrogen-bond acceptors (Lipinski definition) is 5. The van der Waals surface area contributed by atoms with Gasteiger partial charge in [0.1, 0.15) is 12.4 Å². The van der Waals surface area contributed by atoms with Gasteiger partial charge in [0.15, 0.2) is 11.5 Å². The number of nitrogens with one attached hydrogen (secondary N) is 2. The molecule has 0 amide bonds. The number of hydrogen-bond donors (Lipinski definition) is 3. The van der Waals surface area contributed by atoms with Crippen molar-refractivity contribution in [3.63, 3.8) is 0 Å². The Morgan fingerprint density at radius 1 is 1.04 bits per heavy atom. The van der Waals surface area contributed by atoms with E-state index in [4.69, 9.17) is 14.6 Å². The number of halogens is 2. The number of aliphatic hydroxyl groups is 1. The minimum atomic E-state index is -0.265. The van der Waals surface area contributed by atoms with E-state index in [1.807, 2.05) is 12.1 Å². The van der Waals surface area contributed by atoms with Crippen LogP contribution in [0.25, 0.3) is 0 Å². The van der Waals surface area contributed by atoms with Crippen molar-refractivity contribution in [2.45, 2.75) is 19.6 Å². The summed E-state index contributed by atoms with van der Waals surface area (Å²) >= 11 is 3.55. The minimum absolute atomic E-state index is 0.164. The molecule has 0 spiro atoms. The lowest BCUT2D eigenvalue weighted by molar-refractivity contribution is 0.282. The summed E-state index contributed by atoms with van der Waals surface area (Å²) in [5, 5.41) is 15.2. The molecule has 0 fully saturated rings. The van der Waals surface area contributed by atoms with Crippen molar-refractivity contribution in [3.05, 3.63) is 57.8 Å². The molecule has 2 aromatic rings. The molecule has 0 heterocycles. The normalized spacial score (nSPS) is 10.8. The molecule has 0 radical (unpaired) electrons. The zero-order valence-corrected chi connectivity index (χ0v) is 17.0. The highest BCUT2D eigenvalue weighted by molar-refractivity contribution is 9.10. The van der Waals surface area contributed by atoms with Crippen molar-refractivity contribution in [1.82, 2.24) is 10.6 Å². The van der Waals surface area contributed by atoms with Crippen LogP contribution in [-0.2, 0) is 13.2 Å². The monoisotopic (exact) mass is 440 g/mol. The molecule has 0 bridgehead atoms. The molecule has 3 N–H and O–H groups in total. The van der Waals surface area contributed by atoms with E-state index in [0.717, 1.165) is 35.1 Å². The molecular weight excluding hydrogens is 415 g/mol. The van der Waals surface area contributed by atoms with Crippen LogP contribution in [0.5, 0.6) is 11.5 Å². The Bertz CT molecular complexity index is 698. The summed E-state index contributed by atoms with van der Waals surface area (Å²) in [5.74, 6) is 1.00. The maximum Gasteiger partial charge on any atom is 0.175 e. The molecule has 0 saturated heterocycles. The molecule has 0 atom stereocenters. The summed E-state index contributed by atoms with van der Waals surface area (Å²) in [7, 11) is 1.61. The van der Waals surface area contributed by atoms with E-state index in [2.05, 4.69) is 26.6 Å². The highest BCUT2D eigenvalue weighted by atomic mass is 79.9. The van der Waals surface area contributed by atoms with Crippen LogP contribution >= 0.6 is 15.9 Å². The second-order valence-electron chi connectivity index (χ2n) is 6.03. The smallest absolute Gasteiger partial charge is 0.175 e.